The summed E-state index contributed by atoms with van der Waals surface area (Å²) in [7, 11) is 1.64. The van der Waals surface area contributed by atoms with Gasteiger partial charge in [-0.3, -0.25) is 4.79 Å². The van der Waals surface area contributed by atoms with Gasteiger partial charge in [-0.25, -0.2) is 9.07 Å². The highest BCUT2D eigenvalue weighted by Crippen LogP contribution is 2.28. The number of anilines is 1. The van der Waals surface area contributed by atoms with Gasteiger partial charge in [-0.1, -0.05) is 24.3 Å². The first-order valence-corrected chi connectivity index (χ1v) is 12.4. The second kappa shape index (κ2) is 11.0. The molecule has 5 aromatic rings. The number of nitrogens with one attached hydrogen (secondary N) is 1. The maximum atomic E-state index is 13.2. The standard InChI is InChI=1S/C28H23FN4O3S/c1-35-24-13-7-19(8-14-24)15-16-36-28-31-26(25-6-3-17-37-25)33(32-28)23-5-2-4-22(18-23)30-27(34)20-9-11-21(29)12-10-20/h2-14,17-18H,15-16H2,1H3,(H,30,34). The molecule has 0 atom stereocenters. The fourth-order valence-electron chi connectivity index (χ4n) is 3.67. The van der Waals surface area contributed by atoms with E-state index in [1.54, 1.807) is 35.3 Å². The molecular weight excluding hydrogens is 491 g/mol. The molecule has 2 heterocycles. The molecule has 0 saturated carbocycles. The molecule has 3 aromatic carbocycles. The van der Waals surface area contributed by atoms with Gasteiger partial charge in [-0.2, -0.15) is 4.98 Å². The number of amides is 1. The largest absolute Gasteiger partial charge is 0.497 e. The van der Waals surface area contributed by atoms with E-state index in [0.717, 1.165) is 16.2 Å². The van der Waals surface area contributed by atoms with Gasteiger partial charge in [0.15, 0.2) is 5.82 Å². The zero-order valence-corrected chi connectivity index (χ0v) is 20.7. The van der Waals surface area contributed by atoms with Gasteiger partial charge in [0.2, 0.25) is 0 Å². The topological polar surface area (TPSA) is 78.3 Å². The van der Waals surface area contributed by atoms with E-state index in [1.807, 2.05) is 53.9 Å². The molecule has 9 heteroatoms. The quantitative estimate of drug-likeness (QED) is 0.260. The number of ether oxygens (including phenoxy) is 2. The number of hydrogen-bond acceptors (Lipinski definition) is 6. The SMILES string of the molecule is COc1ccc(CCOc2nc(-c3cccs3)n(-c3cccc(NC(=O)c4ccc(F)cc4)c3)n2)cc1. The van der Waals surface area contributed by atoms with Crippen molar-refractivity contribution in [3.63, 3.8) is 0 Å². The Morgan fingerprint density at radius 2 is 1.84 bits per heavy atom. The third-order valence-corrected chi connectivity index (χ3v) is 6.43. The summed E-state index contributed by atoms with van der Waals surface area (Å²) < 4.78 is 26.0. The van der Waals surface area contributed by atoms with Crippen LogP contribution in [0.1, 0.15) is 15.9 Å². The Bertz CT molecular complexity index is 1480. The molecule has 0 aliphatic carbocycles. The monoisotopic (exact) mass is 514 g/mol. The van der Waals surface area contributed by atoms with E-state index in [9.17, 15) is 9.18 Å². The minimum Gasteiger partial charge on any atom is -0.497 e. The van der Waals surface area contributed by atoms with E-state index in [1.165, 1.54) is 24.3 Å². The molecule has 5 rings (SSSR count). The molecule has 0 spiro atoms. The third kappa shape index (κ3) is 5.84. The smallest absolute Gasteiger partial charge is 0.336 e. The molecule has 2 aromatic heterocycles. The van der Waals surface area contributed by atoms with Gasteiger partial charge in [0, 0.05) is 17.7 Å². The van der Waals surface area contributed by atoms with Crippen LogP contribution in [0.3, 0.4) is 0 Å². The molecule has 0 aliphatic heterocycles. The average Bonchev–Trinajstić information content (AvgIpc) is 3.60. The predicted octanol–water partition coefficient (Wildman–Crippen LogP) is 6.02. The normalized spacial score (nSPS) is 10.8. The first kappa shape index (κ1) is 24.2. The molecule has 37 heavy (non-hydrogen) atoms. The van der Waals surface area contributed by atoms with Crippen LogP contribution in [-0.4, -0.2) is 34.4 Å². The van der Waals surface area contributed by atoms with Crippen molar-refractivity contribution in [2.45, 2.75) is 6.42 Å². The minimum absolute atomic E-state index is 0.262. The summed E-state index contributed by atoms with van der Waals surface area (Å²) in [6.45, 7) is 0.411. The van der Waals surface area contributed by atoms with Crippen molar-refractivity contribution >= 4 is 22.9 Å². The van der Waals surface area contributed by atoms with Gasteiger partial charge in [-0.15, -0.1) is 16.4 Å². The first-order chi connectivity index (χ1) is 18.1. The van der Waals surface area contributed by atoms with E-state index in [-0.39, 0.29) is 11.9 Å². The van der Waals surface area contributed by atoms with Crippen LogP contribution in [0, 0.1) is 5.82 Å². The molecule has 0 aliphatic rings. The van der Waals surface area contributed by atoms with Crippen molar-refractivity contribution in [1.29, 1.82) is 0 Å². The zero-order valence-electron chi connectivity index (χ0n) is 19.9. The number of halogens is 1. The lowest BCUT2D eigenvalue weighted by atomic mass is 10.1. The van der Waals surface area contributed by atoms with Crippen LogP contribution < -0.4 is 14.8 Å². The van der Waals surface area contributed by atoms with Gasteiger partial charge in [0.1, 0.15) is 11.6 Å². The number of carbonyl (C=O) groups is 1. The van der Waals surface area contributed by atoms with Crippen molar-refractivity contribution in [2.24, 2.45) is 0 Å². The van der Waals surface area contributed by atoms with Crippen LogP contribution in [0.15, 0.2) is 90.3 Å². The van der Waals surface area contributed by atoms with Crippen LogP contribution in [0.25, 0.3) is 16.4 Å². The Morgan fingerprint density at radius 3 is 2.57 bits per heavy atom. The molecule has 0 unspecified atom stereocenters. The summed E-state index contributed by atoms with van der Waals surface area (Å²) in [5.74, 6) is 0.711. The van der Waals surface area contributed by atoms with Crippen molar-refractivity contribution in [3.8, 4) is 28.1 Å². The lowest BCUT2D eigenvalue weighted by molar-refractivity contribution is 0.102. The Balaban J connectivity index is 1.35. The van der Waals surface area contributed by atoms with Crippen LogP contribution in [0.2, 0.25) is 0 Å². The molecule has 7 nitrogen and oxygen atoms in total. The number of methoxy groups -OCH3 is 1. The fraction of sp³-hybridized carbons (Fsp3) is 0.107. The molecule has 1 N–H and O–H groups in total. The summed E-state index contributed by atoms with van der Waals surface area (Å²) in [6, 6.07) is 24.7. The van der Waals surface area contributed by atoms with E-state index >= 15 is 0 Å². The van der Waals surface area contributed by atoms with Crippen LogP contribution in [0.5, 0.6) is 11.8 Å². The minimum atomic E-state index is -0.396. The molecule has 0 bridgehead atoms. The number of hydrogen-bond donors (Lipinski definition) is 1. The van der Waals surface area contributed by atoms with Gasteiger partial charge < -0.3 is 14.8 Å². The Morgan fingerprint density at radius 1 is 1.03 bits per heavy atom. The zero-order chi connectivity index (χ0) is 25.6. The summed E-state index contributed by atoms with van der Waals surface area (Å²) in [6.07, 6.45) is 0.692. The molecule has 0 radical (unpaired) electrons. The van der Waals surface area contributed by atoms with Gasteiger partial charge in [0.05, 0.1) is 24.3 Å². The van der Waals surface area contributed by atoms with Crippen molar-refractivity contribution < 1.29 is 18.7 Å². The van der Waals surface area contributed by atoms with Crippen molar-refractivity contribution in [1.82, 2.24) is 14.8 Å². The van der Waals surface area contributed by atoms with Gasteiger partial charge >= 0.3 is 6.01 Å². The number of carbonyl (C=O) groups excluding carboxylic acids is 1. The third-order valence-electron chi connectivity index (χ3n) is 5.57. The van der Waals surface area contributed by atoms with Gasteiger partial charge in [-0.05, 0) is 71.6 Å². The molecular formula is C28H23FN4O3S. The molecule has 1 amide bonds. The number of nitrogens with zero attached hydrogens (tertiary/aromatic N) is 3. The Kier molecular flexibility index (Phi) is 7.23. The lowest BCUT2D eigenvalue weighted by Crippen LogP contribution is -2.12. The average molecular weight is 515 g/mol. The van der Waals surface area contributed by atoms with E-state index in [4.69, 9.17) is 9.47 Å². The van der Waals surface area contributed by atoms with Crippen molar-refractivity contribution in [3.05, 3.63) is 107 Å². The number of thiophene rings is 1. The maximum absolute atomic E-state index is 13.2. The second-order valence-corrected chi connectivity index (χ2v) is 9.01. The van der Waals surface area contributed by atoms with Crippen LogP contribution in [-0.2, 0) is 6.42 Å². The van der Waals surface area contributed by atoms with E-state index in [0.29, 0.717) is 35.8 Å². The summed E-state index contributed by atoms with van der Waals surface area (Å²) in [5, 5.41) is 9.42. The second-order valence-electron chi connectivity index (χ2n) is 8.06. The number of aromatic nitrogens is 3. The summed E-state index contributed by atoms with van der Waals surface area (Å²) in [4.78, 5) is 18.2. The molecule has 186 valence electrons. The Hall–Kier alpha value is -4.50. The lowest BCUT2D eigenvalue weighted by Gasteiger charge is -2.09. The Labute approximate surface area is 217 Å². The predicted molar refractivity (Wildman–Crippen MR) is 141 cm³/mol. The summed E-state index contributed by atoms with van der Waals surface area (Å²) in [5.41, 5.74) is 2.75. The van der Waals surface area contributed by atoms with Crippen LogP contribution in [0.4, 0.5) is 10.1 Å². The molecule has 0 saturated heterocycles. The van der Waals surface area contributed by atoms with Crippen LogP contribution >= 0.6 is 11.3 Å². The highest BCUT2D eigenvalue weighted by Gasteiger charge is 2.16. The molecule has 0 fully saturated rings. The van der Waals surface area contributed by atoms with Gasteiger partial charge in [0.25, 0.3) is 5.91 Å². The van der Waals surface area contributed by atoms with E-state index < -0.39 is 5.82 Å². The maximum Gasteiger partial charge on any atom is 0.336 e. The van der Waals surface area contributed by atoms with Crippen molar-refractivity contribution in [2.75, 3.05) is 19.0 Å². The number of benzene rings is 3. The number of rotatable bonds is 9. The highest BCUT2D eigenvalue weighted by molar-refractivity contribution is 7.13. The highest BCUT2D eigenvalue weighted by atomic mass is 32.1. The summed E-state index contributed by atoms with van der Waals surface area (Å²) >= 11 is 1.54. The van der Waals surface area contributed by atoms with E-state index in [2.05, 4.69) is 15.4 Å². The fourth-order valence-corrected chi connectivity index (χ4v) is 4.37. The first-order valence-electron chi connectivity index (χ1n) is 11.5.